The first-order chi connectivity index (χ1) is 7.02. The molecule has 0 bridgehead atoms. The molecule has 0 aromatic rings. The van der Waals surface area contributed by atoms with Crippen molar-refractivity contribution in [2.45, 2.75) is 0 Å². The number of hydrogen-bond acceptors (Lipinski definition) is 4. The van der Waals surface area contributed by atoms with Crippen molar-refractivity contribution in [2.24, 2.45) is 0 Å². The van der Waals surface area contributed by atoms with Crippen LogP contribution in [0.1, 0.15) is 0 Å². The van der Waals surface area contributed by atoms with Gasteiger partial charge in [-0.05, 0) is 6.08 Å². The van der Waals surface area contributed by atoms with E-state index in [2.05, 4.69) is 13.2 Å². The van der Waals surface area contributed by atoms with Crippen LogP contribution in [0, 0.1) is 0 Å². The molecule has 1 atom stereocenters. The molecule has 6 heteroatoms. The fourth-order valence-electron chi connectivity index (χ4n) is 0.670. The summed E-state index contributed by atoms with van der Waals surface area (Å²) < 4.78 is 33.4. The Labute approximate surface area is 97.8 Å². The zero-order valence-corrected chi connectivity index (χ0v) is 10.7. The second kappa shape index (κ2) is 8.04. The Morgan fingerprint density at radius 2 is 1.93 bits per heavy atom. The summed E-state index contributed by atoms with van der Waals surface area (Å²) in [6.45, 7) is 6.81. The zero-order chi connectivity index (χ0) is 11.7. The molecule has 1 unspecified atom stereocenters. The molecule has 0 rings (SSSR count). The number of sulfone groups is 1. The third kappa shape index (κ3) is 8.80. The zero-order valence-electron chi connectivity index (χ0n) is 8.29. The topological polar surface area (TPSA) is 57.2 Å². The predicted octanol–water partition coefficient (Wildman–Crippen LogP) is 1.68. The lowest BCUT2D eigenvalue weighted by Crippen LogP contribution is -2.06. The molecular weight excluding hydrogens is 252 g/mol. The Morgan fingerprint density at radius 3 is 2.47 bits per heavy atom. The number of hydrogen-bond donors (Lipinski definition) is 0. The SMILES string of the molecule is C=CC[S+]([O-])S/C=C\CS(=O)(=O)CC=C. The monoisotopic (exact) mass is 266 g/mol. The second-order valence-corrected chi connectivity index (χ2v) is 7.84. The lowest BCUT2D eigenvalue weighted by Gasteiger charge is -2.01. The molecule has 0 aromatic heterocycles. The van der Waals surface area contributed by atoms with Crippen molar-refractivity contribution < 1.29 is 13.0 Å². The van der Waals surface area contributed by atoms with Crippen LogP contribution in [0.15, 0.2) is 36.8 Å². The van der Waals surface area contributed by atoms with Crippen molar-refractivity contribution in [1.29, 1.82) is 0 Å². The van der Waals surface area contributed by atoms with Crippen molar-refractivity contribution in [3.8, 4) is 0 Å². The van der Waals surface area contributed by atoms with E-state index in [4.69, 9.17) is 0 Å². The highest BCUT2D eigenvalue weighted by molar-refractivity contribution is 8.73. The van der Waals surface area contributed by atoms with Crippen LogP contribution in [0.4, 0.5) is 0 Å². The molecule has 0 aliphatic heterocycles. The molecule has 0 saturated heterocycles. The van der Waals surface area contributed by atoms with E-state index in [1.165, 1.54) is 12.2 Å². The molecule has 0 saturated carbocycles. The van der Waals surface area contributed by atoms with Gasteiger partial charge in [-0.2, -0.15) is 0 Å². The quantitative estimate of drug-likeness (QED) is 0.381. The maximum Gasteiger partial charge on any atom is 0.157 e. The minimum absolute atomic E-state index is 0.0300. The molecule has 0 aliphatic rings. The summed E-state index contributed by atoms with van der Waals surface area (Å²) in [6, 6.07) is 0. The smallest absolute Gasteiger partial charge is 0.157 e. The van der Waals surface area contributed by atoms with Gasteiger partial charge in [-0.15, -0.1) is 6.58 Å². The molecule has 0 heterocycles. The van der Waals surface area contributed by atoms with E-state index in [1.807, 2.05) is 0 Å². The fourth-order valence-corrected chi connectivity index (χ4v) is 3.38. The summed E-state index contributed by atoms with van der Waals surface area (Å²) in [5, 5.41) is 1.54. The summed E-state index contributed by atoms with van der Waals surface area (Å²) in [5.74, 6) is 0.323. The van der Waals surface area contributed by atoms with Gasteiger partial charge in [0.05, 0.1) is 11.5 Å². The molecule has 0 radical (unpaired) electrons. The van der Waals surface area contributed by atoms with E-state index in [9.17, 15) is 13.0 Å². The summed E-state index contributed by atoms with van der Waals surface area (Å²) in [7, 11) is -3.04. The molecule has 0 aliphatic carbocycles. The van der Waals surface area contributed by atoms with E-state index in [-0.39, 0.29) is 11.5 Å². The molecule has 3 nitrogen and oxygen atoms in total. The van der Waals surface area contributed by atoms with Gasteiger partial charge in [-0.25, -0.2) is 8.42 Å². The van der Waals surface area contributed by atoms with Crippen LogP contribution >= 0.6 is 10.8 Å². The van der Waals surface area contributed by atoms with Gasteiger partial charge in [0.2, 0.25) is 0 Å². The van der Waals surface area contributed by atoms with Crippen LogP contribution in [-0.4, -0.2) is 30.2 Å². The van der Waals surface area contributed by atoms with Gasteiger partial charge in [-0.3, -0.25) is 0 Å². The lowest BCUT2D eigenvalue weighted by molar-refractivity contribution is 0.601. The van der Waals surface area contributed by atoms with E-state index in [0.29, 0.717) is 5.75 Å². The van der Waals surface area contributed by atoms with Crippen molar-refractivity contribution in [1.82, 2.24) is 0 Å². The molecule has 86 valence electrons. The molecule has 15 heavy (non-hydrogen) atoms. The Bertz CT molecular complexity index is 319. The van der Waals surface area contributed by atoms with E-state index >= 15 is 0 Å². The first-order valence-corrected chi connectivity index (χ1v) is 8.68. The van der Waals surface area contributed by atoms with Crippen LogP contribution in [0.25, 0.3) is 0 Å². The van der Waals surface area contributed by atoms with Gasteiger partial charge in [-0.1, -0.05) is 18.7 Å². The van der Waals surface area contributed by atoms with Gasteiger partial charge in [0.25, 0.3) is 0 Å². The summed E-state index contributed by atoms with van der Waals surface area (Å²) >= 11 is 0. The molecule has 0 aromatic carbocycles. The summed E-state index contributed by atoms with van der Waals surface area (Å²) in [6.07, 6.45) is 4.40. The van der Waals surface area contributed by atoms with Crippen molar-refractivity contribution in [3.05, 3.63) is 36.8 Å². The lowest BCUT2D eigenvalue weighted by atomic mass is 10.7. The van der Waals surface area contributed by atoms with Gasteiger partial charge >= 0.3 is 0 Å². The van der Waals surface area contributed by atoms with Crippen LogP contribution < -0.4 is 0 Å². The van der Waals surface area contributed by atoms with Crippen LogP contribution in [-0.2, 0) is 20.0 Å². The fraction of sp³-hybridized carbons (Fsp3) is 0.333. The number of rotatable bonds is 8. The average Bonchev–Trinajstić information content (AvgIpc) is 2.13. The maximum absolute atomic E-state index is 11.2. The predicted molar refractivity (Wildman–Crippen MR) is 68.8 cm³/mol. The largest absolute Gasteiger partial charge is 0.605 e. The Kier molecular flexibility index (Phi) is 7.95. The normalized spacial score (nSPS) is 13.9. The Balaban J connectivity index is 3.89. The molecule has 0 N–H and O–H groups in total. The van der Waals surface area contributed by atoms with Gasteiger partial charge in [0.15, 0.2) is 9.84 Å². The van der Waals surface area contributed by atoms with Crippen molar-refractivity contribution >= 4 is 30.8 Å². The Hall–Kier alpha value is -0.170. The first kappa shape index (κ1) is 14.8. The van der Waals surface area contributed by atoms with Crippen molar-refractivity contribution in [2.75, 3.05) is 17.3 Å². The minimum atomic E-state index is -3.08. The van der Waals surface area contributed by atoms with E-state index in [1.54, 1.807) is 11.5 Å². The van der Waals surface area contributed by atoms with Crippen LogP contribution in [0.5, 0.6) is 0 Å². The van der Waals surface area contributed by atoms with E-state index in [0.717, 1.165) is 10.8 Å². The molecule has 0 spiro atoms. The van der Waals surface area contributed by atoms with Crippen LogP contribution in [0.2, 0.25) is 0 Å². The third-order valence-corrected chi connectivity index (χ3v) is 5.09. The molecular formula is C9H14O3S3. The van der Waals surface area contributed by atoms with Gasteiger partial charge < -0.3 is 4.55 Å². The van der Waals surface area contributed by atoms with Crippen molar-refractivity contribution in [3.63, 3.8) is 0 Å². The minimum Gasteiger partial charge on any atom is -0.605 e. The first-order valence-electron chi connectivity index (χ1n) is 4.14. The second-order valence-electron chi connectivity index (χ2n) is 2.59. The molecule has 0 fully saturated rings. The van der Waals surface area contributed by atoms with E-state index < -0.39 is 20.0 Å². The highest BCUT2D eigenvalue weighted by atomic mass is 33.1. The summed E-state index contributed by atoms with van der Waals surface area (Å²) in [4.78, 5) is 0. The molecule has 0 amide bonds. The summed E-state index contributed by atoms with van der Waals surface area (Å²) in [5.41, 5.74) is 0. The van der Waals surface area contributed by atoms with Gasteiger partial charge in [0.1, 0.15) is 16.5 Å². The maximum atomic E-state index is 11.2. The highest BCUT2D eigenvalue weighted by Crippen LogP contribution is 2.14. The van der Waals surface area contributed by atoms with Gasteiger partial charge in [0, 0.05) is 15.6 Å². The Morgan fingerprint density at radius 1 is 1.27 bits per heavy atom. The highest BCUT2D eigenvalue weighted by Gasteiger charge is 2.06. The standard InChI is InChI=1S/C9H14O3S3/c1-3-7-14(10)13-6-5-9-15(11,12)8-4-2/h3-6H,1-2,7-9H2/b6-5-. The average molecular weight is 266 g/mol. The third-order valence-electron chi connectivity index (χ3n) is 1.23. The van der Waals surface area contributed by atoms with Crippen LogP contribution in [0.3, 0.4) is 0 Å².